The summed E-state index contributed by atoms with van der Waals surface area (Å²) in [5.74, 6) is 0.205. The van der Waals surface area contributed by atoms with E-state index in [0.29, 0.717) is 19.4 Å². The van der Waals surface area contributed by atoms with E-state index >= 15 is 0 Å². The minimum absolute atomic E-state index is 0.205. The molecule has 4 heterocycles. The van der Waals surface area contributed by atoms with E-state index in [1.54, 1.807) is 23.3 Å². The Kier molecular flexibility index (Phi) is 5.53. The van der Waals surface area contributed by atoms with Crippen LogP contribution in [0.2, 0.25) is 0 Å². The number of hydrogen-bond donors (Lipinski definition) is 0. The first-order valence-electron chi connectivity index (χ1n) is 9.78. The maximum Gasteiger partial charge on any atom is 0.0999 e. The van der Waals surface area contributed by atoms with Crippen LogP contribution in [0.25, 0.3) is 28.0 Å². The van der Waals surface area contributed by atoms with Gasteiger partial charge in [-0.3, -0.25) is 9.36 Å². The highest BCUT2D eigenvalue weighted by Crippen LogP contribution is 2.26. The first-order valence-corrected chi connectivity index (χ1v) is 9.78. The smallest absolute Gasteiger partial charge is 0.0999 e. The lowest BCUT2D eigenvalue weighted by molar-refractivity contribution is 0.415. The Morgan fingerprint density at radius 3 is 2.63 bits per heavy atom. The Morgan fingerprint density at radius 1 is 1.00 bits per heavy atom. The van der Waals surface area contributed by atoms with E-state index in [9.17, 15) is 0 Å². The summed E-state index contributed by atoms with van der Waals surface area (Å²) in [5, 5.41) is 30.9. The molecule has 9 heteroatoms. The number of fused-ring (bicyclic) bond motifs is 1. The van der Waals surface area contributed by atoms with E-state index in [2.05, 4.69) is 27.4 Å². The molecule has 0 bridgehead atoms. The molecule has 0 unspecified atom stereocenters. The van der Waals surface area contributed by atoms with Gasteiger partial charge in [0.1, 0.15) is 0 Å². The zero-order chi connectivity index (χ0) is 20.9. The molecule has 0 fully saturated rings. The van der Waals surface area contributed by atoms with Crippen molar-refractivity contribution in [2.45, 2.75) is 32.2 Å². The molecule has 4 rings (SSSR count). The van der Waals surface area contributed by atoms with Gasteiger partial charge in [0.05, 0.1) is 53.8 Å². The van der Waals surface area contributed by atoms with Crippen molar-refractivity contribution in [3.63, 3.8) is 0 Å². The van der Waals surface area contributed by atoms with Gasteiger partial charge in [0.2, 0.25) is 0 Å². The second kappa shape index (κ2) is 8.58. The standard InChI is InChI=1S/C21H21N9/c1-28-13-17(11-25-28)19-15-30-20(5-9-24-30)21(27-19)18-12-26-29(14-18)10-6-16(4-8-23)3-2-7-22/h5,9,11-16H,2-4,6,10H2,1H3/t16-/m0/s1. The fourth-order valence-electron chi connectivity index (χ4n) is 3.50. The largest absolute Gasteiger partial charge is 0.275 e. The molecule has 0 spiro atoms. The molecular weight excluding hydrogens is 378 g/mol. The summed E-state index contributed by atoms with van der Waals surface area (Å²) < 4.78 is 5.43. The average Bonchev–Trinajstić information content (AvgIpc) is 3.49. The first kappa shape index (κ1) is 19.3. The van der Waals surface area contributed by atoms with Gasteiger partial charge in [-0.15, -0.1) is 0 Å². The van der Waals surface area contributed by atoms with Crippen LogP contribution in [0.1, 0.15) is 25.7 Å². The Balaban J connectivity index is 1.59. The third kappa shape index (κ3) is 4.06. The van der Waals surface area contributed by atoms with Crippen LogP contribution >= 0.6 is 0 Å². The molecule has 0 aliphatic carbocycles. The summed E-state index contributed by atoms with van der Waals surface area (Å²) >= 11 is 0. The van der Waals surface area contributed by atoms with Gasteiger partial charge >= 0.3 is 0 Å². The van der Waals surface area contributed by atoms with Gasteiger partial charge in [-0.1, -0.05) is 0 Å². The van der Waals surface area contributed by atoms with Crippen LogP contribution in [0.4, 0.5) is 0 Å². The zero-order valence-corrected chi connectivity index (χ0v) is 16.7. The van der Waals surface area contributed by atoms with Gasteiger partial charge in [-0.25, -0.2) is 9.50 Å². The SMILES string of the molecule is Cn1cc(-c2cn3nccc3c(-c3cnn(CC[C@H](CC#N)CCC#N)c3)n2)cn1. The Bertz CT molecular complexity index is 1230. The number of aryl methyl sites for hydroxylation is 2. The van der Waals surface area contributed by atoms with E-state index in [4.69, 9.17) is 15.5 Å². The van der Waals surface area contributed by atoms with Crippen LogP contribution in [0.15, 0.2) is 43.2 Å². The van der Waals surface area contributed by atoms with E-state index in [1.807, 2.05) is 40.9 Å². The maximum atomic E-state index is 9.01. The van der Waals surface area contributed by atoms with Crippen LogP contribution in [0.3, 0.4) is 0 Å². The van der Waals surface area contributed by atoms with Crippen molar-refractivity contribution >= 4 is 5.52 Å². The summed E-state index contributed by atoms with van der Waals surface area (Å²) in [6.45, 7) is 0.690. The molecule has 30 heavy (non-hydrogen) atoms. The molecule has 0 saturated heterocycles. The van der Waals surface area contributed by atoms with Crippen LogP contribution in [0, 0.1) is 28.6 Å². The molecule has 4 aromatic rings. The third-order valence-corrected chi connectivity index (χ3v) is 5.11. The topological polar surface area (TPSA) is 113 Å². The summed E-state index contributed by atoms with van der Waals surface area (Å²) in [4.78, 5) is 4.86. The average molecular weight is 399 g/mol. The second-order valence-corrected chi connectivity index (χ2v) is 7.24. The summed E-state index contributed by atoms with van der Waals surface area (Å²) in [7, 11) is 1.87. The molecule has 0 amide bonds. The summed E-state index contributed by atoms with van der Waals surface area (Å²) in [6.07, 6.45) is 13.6. The van der Waals surface area contributed by atoms with Crippen LogP contribution < -0.4 is 0 Å². The van der Waals surface area contributed by atoms with Crippen molar-refractivity contribution < 1.29 is 0 Å². The third-order valence-electron chi connectivity index (χ3n) is 5.11. The zero-order valence-electron chi connectivity index (χ0n) is 16.7. The molecule has 9 nitrogen and oxygen atoms in total. The molecule has 0 saturated carbocycles. The van der Waals surface area contributed by atoms with E-state index in [-0.39, 0.29) is 5.92 Å². The molecule has 0 radical (unpaired) electrons. The van der Waals surface area contributed by atoms with Crippen molar-refractivity contribution in [2.75, 3.05) is 0 Å². The van der Waals surface area contributed by atoms with Crippen molar-refractivity contribution in [1.82, 2.24) is 34.2 Å². The predicted octanol–water partition coefficient (Wildman–Crippen LogP) is 3.22. The quantitative estimate of drug-likeness (QED) is 0.449. The van der Waals surface area contributed by atoms with Gasteiger partial charge in [0.15, 0.2) is 0 Å². The van der Waals surface area contributed by atoms with Crippen LogP contribution in [-0.2, 0) is 13.6 Å². The van der Waals surface area contributed by atoms with Crippen molar-refractivity contribution in [2.24, 2.45) is 13.0 Å². The highest BCUT2D eigenvalue weighted by atomic mass is 15.3. The number of nitriles is 2. The summed E-state index contributed by atoms with van der Waals surface area (Å²) in [5.41, 5.74) is 4.31. The normalized spacial score (nSPS) is 12.0. The Morgan fingerprint density at radius 2 is 1.87 bits per heavy atom. The lowest BCUT2D eigenvalue weighted by Gasteiger charge is -2.11. The molecule has 150 valence electrons. The molecule has 0 aromatic carbocycles. The second-order valence-electron chi connectivity index (χ2n) is 7.24. The molecule has 4 aromatic heterocycles. The monoisotopic (exact) mass is 399 g/mol. The van der Waals surface area contributed by atoms with Gasteiger partial charge in [-0.2, -0.15) is 25.8 Å². The van der Waals surface area contributed by atoms with Crippen molar-refractivity contribution in [1.29, 1.82) is 10.5 Å². The summed E-state index contributed by atoms with van der Waals surface area (Å²) in [6, 6.07) is 6.31. The highest BCUT2D eigenvalue weighted by molar-refractivity contribution is 5.78. The first-order chi connectivity index (χ1) is 14.7. The molecule has 0 N–H and O–H groups in total. The van der Waals surface area contributed by atoms with Gasteiger partial charge in [0, 0.05) is 50.0 Å². The van der Waals surface area contributed by atoms with Gasteiger partial charge in [-0.05, 0) is 24.8 Å². The molecule has 1 atom stereocenters. The lowest BCUT2D eigenvalue weighted by Crippen LogP contribution is -2.06. The Labute approximate surface area is 173 Å². The number of rotatable bonds is 8. The van der Waals surface area contributed by atoms with Crippen LogP contribution in [0.5, 0.6) is 0 Å². The van der Waals surface area contributed by atoms with Gasteiger partial charge in [0.25, 0.3) is 0 Å². The fraction of sp³-hybridized carbons (Fsp3) is 0.333. The fourth-order valence-corrected chi connectivity index (χ4v) is 3.50. The van der Waals surface area contributed by atoms with Crippen molar-refractivity contribution in [3.8, 4) is 34.7 Å². The van der Waals surface area contributed by atoms with Gasteiger partial charge < -0.3 is 0 Å². The number of nitrogens with zero attached hydrogens (tertiary/aromatic N) is 9. The minimum Gasteiger partial charge on any atom is -0.275 e. The highest BCUT2D eigenvalue weighted by Gasteiger charge is 2.14. The Hall–Kier alpha value is -3.98. The minimum atomic E-state index is 0.205. The molecule has 0 aliphatic rings. The lowest BCUT2D eigenvalue weighted by atomic mass is 9.97. The van der Waals surface area contributed by atoms with E-state index in [1.165, 1.54) is 0 Å². The molecule has 0 aliphatic heterocycles. The van der Waals surface area contributed by atoms with Crippen LogP contribution in [-0.4, -0.2) is 34.2 Å². The maximum absolute atomic E-state index is 9.01. The predicted molar refractivity (Wildman–Crippen MR) is 110 cm³/mol. The molecular formula is C21H21N9. The van der Waals surface area contributed by atoms with Crippen molar-refractivity contribution in [3.05, 3.63) is 43.2 Å². The number of hydrogen-bond acceptors (Lipinski definition) is 6. The van der Waals surface area contributed by atoms with E-state index < -0.39 is 0 Å². The number of aromatic nitrogens is 7. The van der Waals surface area contributed by atoms with E-state index in [0.717, 1.165) is 40.9 Å².